The summed E-state index contributed by atoms with van der Waals surface area (Å²) >= 11 is 0. The summed E-state index contributed by atoms with van der Waals surface area (Å²) in [5, 5.41) is 60.9. The molecule has 208 valence electrons. The van der Waals surface area contributed by atoms with Gasteiger partial charge in [0.2, 0.25) is 6.29 Å². The summed E-state index contributed by atoms with van der Waals surface area (Å²) in [6, 6.07) is 0. The van der Waals surface area contributed by atoms with Crippen molar-refractivity contribution in [2.24, 2.45) is 11.3 Å². The second-order valence-electron chi connectivity index (χ2n) is 10.5. The van der Waals surface area contributed by atoms with Crippen LogP contribution in [0.25, 0.3) is 0 Å². The molecule has 6 N–H and O–H groups in total. The van der Waals surface area contributed by atoms with E-state index in [1.54, 1.807) is 13.0 Å². The number of esters is 1. The summed E-state index contributed by atoms with van der Waals surface area (Å²) in [5.41, 5.74) is -1.06. The van der Waals surface area contributed by atoms with Gasteiger partial charge in [0.15, 0.2) is 6.29 Å². The average Bonchev–Trinajstić information content (AvgIpc) is 3.31. The van der Waals surface area contributed by atoms with Crippen LogP contribution in [0.1, 0.15) is 26.7 Å². The molecule has 0 aromatic rings. The lowest BCUT2D eigenvalue weighted by Gasteiger charge is -2.45. The van der Waals surface area contributed by atoms with Gasteiger partial charge in [-0.1, -0.05) is 19.6 Å². The summed E-state index contributed by atoms with van der Waals surface area (Å²) in [7, 11) is 0. The molecule has 12 heteroatoms. The molecular formula is C25H36O12. The second-order valence-corrected chi connectivity index (χ2v) is 10.5. The molecule has 12 nitrogen and oxygen atoms in total. The summed E-state index contributed by atoms with van der Waals surface area (Å²) in [6.45, 7) is 10.1. The molecule has 4 aliphatic rings. The molecular weight excluding hydrogens is 492 g/mol. The summed E-state index contributed by atoms with van der Waals surface area (Å²) in [6.07, 6.45) is -8.08. The molecule has 4 rings (SSSR count). The molecule has 3 heterocycles. The van der Waals surface area contributed by atoms with Gasteiger partial charge in [0, 0.05) is 11.5 Å². The van der Waals surface area contributed by atoms with E-state index in [-0.39, 0.29) is 30.4 Å². The number of aliphatic hydroxyl groups excluding tert-OH is 5. The lowest BCUT2D eigenvalue weighted by molar-refractivity contribution is -0.303. The van der Waals surface area contributed by atoms with E-state index in [2.05, 4.69) is 13.2 Å². The van der Waals surface area contributed by atoms with Crippen LogP contribution in [-0.4, -0.2) is 111 Å². The Morgan fingerprint density at radius 2 is 1.89 bits per heavy atom. The van der Waals surface area contributed by atoms with Crippen molar-refractivity contribution in [2.75, 3.05) is 19.8 Å². The Labute approximate surface area is 214 Å². The van der Waals surface area contributed by atoms with E-state index in [0.29, 0.717) is 18.4 Å². The van der Waals surface area contributed by atoms with Gasteiger partial charge >= 0.3 is 5.97 Å². The first-order valence-electron chi connectivity index (χ1n) is 12.2. The molecule has 0 unspecified atom stereocenters. The Kier molecular flexibility index (Phi) is 7.88. The van der Waals surface area contributed by atoms with Crippen molar-refractivity contribution in [1.29, 1.82) is 0 Å². The highest BCUT2D eigenvalue weighted by Gasteiger charge is 2.52. The first-order valence-corrected chi connectivity index (χ1v) is 12.2. The van der Waals surface area contributed by atoms with Gasteiger partial charge in [-0.05, 0) is 30.8 Å². The first kappa shape index (κ1) is 28.1. The molecule has 0 aromatic carbocycles. The summed E-state index contributed by atoms with van der Waals surface area (Å²) in [5.74, 6) is -0.484. The third-order valence-electron chi connectivity index (χ3n) is 8.07. The third kappa shape index (κ3) is 4.98. The summed E-state index contributed by atoms with van der Waals surface area (Å²) < 4.78 is 27.7. The van der Waals surface area contributed by atoms with Crippen LogP contribution in [0.2, 0.25) is 0 Å². The van der Waals surface area contributed by atoms with E-state index in [9.17, 15) is 35.4 Å². The van der Waals surface area contributed by atoms with Crippen molar-refractivity contribution in [1.82, 2.24) is 0 Å². The Morgan fingerprint density at radius 1 is 1.19 bits per heavy atom. The van der Waals surface area contributed by atoms with Crippen LogP contribution in [0.5, 0.6) is 0 Å². The van der Waals surface area contributed by atoms with Gasteiger partial charge in [0.05, 0.1) is 25.6 Å². The topological polar surface area (TPSA) is 185 Å². The van der Waals surface area contributed by atoms with Crippen LogP contribution in [0.15, 0.2) is 36.1 Å². The van der Waals surface area contributed by atoms with Crippen molar-refractivity contribution in [3.8, 4) is 0 Å². The molecule has 0 radical (unpaired) electrons. The highest BCUT2D eigenvalue weighted by Crippen LogP contribution is 2.51. The molecule has 37 heavy (non-hydrogen) atoms. The maximum absolute atomic E-state index is 12.1. The van der Waals surface area contributed by atoms with Gasteiger partial charge in [0.25, 0.3) is 0 Å². The van der Waals surface area contributed by atoms with Gasteiger partial charge in [-0.3, -0.25) is 0 Å². The van der Waals surface area contributed by atoms with Crippen LogP contribution in [0.3, 0.4) is 0 Å². The first-order chi connectivity index (χ1) is 17.3. The van der Waals surface area contributed by atoms with Crippen molar-refractivity contribution < 1.29 is 59.1 Å². The van der Waals surface area contributed by atoms with Crippen molar-refractivity contribution in [3.05, 3.63) is 36.1 Å². The molecule has 0 bridgehead atoms. The van der Waals surface area contributed by atoms with Crippen molar-refractivity contribution in [2.45, 2.75) is 81.5 Å². The van der Waals surface area contributed by atoms with Crippen molar-refractivity contribution >= 4 is 5.97 Å². The van der Waals surface area contributed by atoms with Crippen LogP contribution >= 0.6 is 0 Å². The monoisotopic (exact) mass is 528 g/mol. The molecule has 0 aromatic heterocycles. The minimum atomic E-state index is -1.89. The second kappa shape index (κ2) is 10.4. The van der Waals surface area contributed by atoms with E-state index in [1.165, 1.54) is 0 Å². The van der Waals surface area contributed by atoms with E-state index >= 15 is 0 Å². The van der Waals surface area contributed by atoms with Gasteiger partial charge < -0.3 is 54.3 Å². The molecule has 1 saturated carbocycles. The lowest BCUT2D eigenvalue weighted by Crippen LogP contribution is -2.59. The summed E-state index contributed by atoms with van der Waals surface area (Å²) in [4.78, 5) is 12.1. The maximum atomic E-state index is 12.1. The SMILES string of the molecule is C=C[C@]1(C)C[C@@H]2OC(=O)C(C)=C2C[C@H]1C(=C)O[C@@H]1O[C@H](CO[C@@H]2OC[C@](O)(CO)[C@H]2O)[C@@H](O)[C@H](O)[C@H]1O. The van der Waals surface area contributed by atoms with Crippen LogP contribution < -0.4 is 0 Å². The molecule has 2 saturated heterocycles. The third-order valence-corrected chi connectivity index (χ3v) is 8.07. The van der Waals surface area contributed by atoms with E-state index in [1.807, 2.05) is 6.92 Å². The molecule has 11 atom stereocenters. The number of fused-ring (bicyclic) bond motifs is 1. The van der Waals surface area contributed by atoms with E-state index < -0.39 is 67.3 Å². The molecule has 3 fully saturated rings. The Morgan fingerprint density at radius 3 is 2.51 bits per heavy atom. The fourth-order valence-corrected chi connectivity index (χ4v) is 5.32. The van der Waals surface area contributed by atoms with Crippen LogP contribution in [0, 0.1) is 11.3 Å². The lowest BCUT2D eigenvalue weighted by atomic mass is 9.64. The number of hydrogen-bond acceptors (Lipinski definition) is 12. The fourth-order valence-electron chi connectivity index (χ4n) is 5.32. The zero-order valence-corrected chi connectivity index (χ0v) is 20.9. The molecule has 0 spiro atoms. The molecule has 3 aliphatic heterocycles. The Balaban J connectivity index is 1.44. The van der Waals surface area contributed by atoms with Gasteiger partial charge in [-0.25, -0.2) is 4.79 Å². The Hall–Kier alpha value is -1.87. The highest BCUT2D eigenvalue weighted by atomic mass is 16.7. The maximum Gasteiger partial charge on any atom is 0.334 e. The zero-order valence-electron chi connectivity index (χ0n) is 20.9. The number of carbonyl (C=O) groups excluding carboxylic acids is 1. The zero-order chi connectivity index (χ0) is 27.3. The van der Waals surface area contributed by atoms with Crippen LogP contribution in [0.4, 0.5) is 0 Å². The number of ether oxygens (including phenoxy) is 5. The number of allylic oxidation sites excluding steroid dienone is 2. The minimum Gasteiger partial charge on any atom is -0.467 e. The molecule has 0 amide bonds. The predicted octanol–water partition coefficient (Wildman–Crippen LogP) is -1.37. The highest BCUT2D eigenvalue weighted by molar-refractivity contribution is 5.91. The van der Waals surface area contributed by atoms with E-state index in [0.717, 1.165) is 5.57 Å². The Bertz CT molecular complexity index is 950. The van der Waals surface area contributed by atoms with Gasteiger partial charge in [0.1, 0.15) is 42.2 Å². The van der Waals surface area contributed by atoms with E-state index in [4.69, 9.17) is 23.7 Å². The van der Waals surface area contributed by atoms with Crippen molar-refractivity contribution in [3.63, 3.8) is 0 Å². The smallest absolute Gasteiger partial charge is 0.334 e. The molecule has 1 aliphatic carbocycles. The number of rotatable bonds is 8. The van der Waals surface area contributed by atoms with Gasteiger partial charge in [-0.15, -0.1) is 6.58 Å². The standard InChI is InChI=1S/C25H36O12/c1-5-24(4)7-15-13(11(2)21(31)36-15)6-14(24)12(3)35-22-19(29)18(28)17(27)16(37-22)8-33-23-20(30)25(32,9-26)10-34-23/h5,14-20,22-23,26-30,32H,1,3,6-10H2,2,4H3/t14-,15-,16+,17+,18-,19+,20-,22+,23+,24+,25+/m0/s1. The predicted molar refractivity (Wildman–Crippen MR) is 124 cm³/mol. The minimum absolute atomic E-state index is 0.232. The number of hydrogen-bond donors (Lipinski definition) is 6. The fraction of sp³-hybridized carbons (Fsp3) is 0.720. The number of carbonyl (C=O) groups is 1. The van der Waals surface area contributed by atoms with Crippen LogP contribution in [-0.2, 0) is 28.5 Å². The quantitative estimate of drug-likeness (QED) is 0.124. The van der Waals surface area contributed by atoms with Gasteiger partial charge in [-0.2, -0.15) is 0 Å². The number of aliphatic hydroxyl groups is 6. The largest absolute Gasteiger partial charge is 0.467 e. The normalized spacial score (nSPS) is 45.9. The average molecular weight is 529 g/mol.